The molecule has 0 aliphatic carbocycles. The fourth-order valence-electron chi connectivity index (χ4n) is 5.85. The molecule has 2 N–H and O–H groups in total. The number of rotatable bonds is 30. The predicted octanol–water partition coefficient (Wildman–Crippen LogP) is 10.3. The van der Waals surface area contributed by atoms with E-state index in [1.54, 1.807) is 0 Å². The third kappa shape index (κ3) is 22.8. The lowest BCUT2D eigenvalue weighted by atomic mass is 10.0. The topological polar surface area (TPSA) is 68.2 Å². The second-order valence-corrected chi connectivity index (χ2v) is 13.8. The van der Waals surface area contributed by atoms with E-state index in [1.165, 1.54) is 128 Å². The minimum absolute atomic E-state index is 0.0227. The van der Waals surface area contributed by atoms with E-state index < -0.39 is 24.4 Å². The lowest BCUT2D eigenvalue weighted by molar-refractivity contribution is -0.0657. The zero-order chi connectivity index (χ0) is 31.4. The molecule has 0 saturated carbocycles. The number of hydrogen-bond acceptors (Lipinski definition) is 7. The second-order valence-electron chi connectivity index (χ2n) is 12.8. The highest BCUT2D eigenvalue weighted by atomic mass is 32.1. The molecule has 1 rings (SSSR count). The van der Waals surface area contributed by atoms with Crippen molar-refractivity contribution in [3.05, 3.63) is 0 Å². The van der Waals surface area contributed by atoms with E-state index in [0.29, 0.717) is 10.1 Å². The maximum absolute atomic E-state index is 10.7. The number of aliphatic hydroxyl groups is 2. The first-order valence-corrected chi connectivity index (χ1v) is 19.1. The largest absolute Gasteiger partial charge is 0.484 e. The molecule has 0 aromatic heterocycles. The van der Waals surface area contributed by atoms with Crippen LogP contribution in [0.25, 0.3) is 0 Å². The summed E-state index contributed by atoms with van der Waals surface area (Å²) in [7, 11) is 0. The summed E-state index contributed by atoms with van der Waals surface area (Å²) < 4.78 is 17.1. The van der Waals surface area contributed by atoms with Crippen LogP contribution in [0.2, 0.25) is 0 Å². The summed E-state index contributed by atoms with van der Waals surface area (Å²) in [4.78, 5) is 0. The Morgan fingerprint density at radius 2 is 1.00 bits per heavy atom. The van der Waals surface area contributed by atoms with Crippen LogP contribution in [0, 0.1) is 0 Å². The van der Waals surface area contributed by atoms with Crippen molar-refractivity contribution in [2.45, 2.75) is 205 Å². The van der Waals surface area contributed by atoms with Crippen LogP contribution in [0.4, 0.5) is 0 Å². The van der Waals surface area contributed by atoms with Gasteiger partial charge in [0.25, 0.3) is 0 Å². The van der Waals surface area contributed by atoms with Gasteiger partial charge in [-0.05, 0) is 37.3 Å². The average molecular weight is 645 g/mol. The van der Waals surface area contributed by atoms with Gasteiger partial charge >= 0.3 is 0 Å². The molecule has 5 nitrogen and oxygen atoms in total. The van der Waals surface area contributed by atoms with Gasteiger partial charge in [0, 0.05) is 12.8 Å². The molecule has 0 amide bonds. The molecule has 1 fully saturated rings. The molecule has 0 aromatic carbocycles. The lowest BCUT2D eigenvalue weighted by Gasteiger charge is -2.23. The maximum atomic E-state index is 10.7. The van der Waals surface area contributed by atoms with Gasteiger partial charge in [0.15, 0.2) is 16.2 Å². The fraction of sp³-hybridized carbons (Fsp3) is 0.944. The van der Waals surface area contributed by atoms with Gasteiger partial charge in [0.05, 0.1) is 6.61 Å². The zero-order valence-corrected chi connectivity index (χ0v) is 29.7. The quantitative estimate of drug-likeness (QED) is 0.0596. The number of aliphatic hydroxyl groups excluding tert-OH is 2. The van der Waals surface area contributed by atoms with Crippen LogP contribution >= 0.6 is 24.4 Å². The summed E-state index contributed by atoms with van der Waals surface area (Å²) in [6, 6.07) is 0. The minimum Gasteiger partial charge on any atom is -0.484 e. The van der Waals surface area contributed by atoms with E-state index in [2.05, 4.69) is 13.8 Å². The molecule has 1 aliphatic heterocycles. The first-order chi connectivity index (χ1) is 21.0. The Labute approximate surface area is 276 Å². The average Bonchev–Trinajstić information content (AvgIpc) is 3.36. The van der Waals surface area contributed by atoms with Gasteiger partial charge in [-0.3, -0.25) is 0 Å². The Morgan fingerprint density at radius 3 is 1.42 bits per heavy atom. The number of ether oxygens (including phenoxy) is 3. The number of hydrogen-bond donors (Lipinski definition) is 2. The van der Waals surface area contributed by atoms with E-state index in [4.69, 9.17) is 38.6 Å². The third-order valence-corrected chi connectivity index (χ3v) is 9.34. The van der Waals surface area contributed by atoms with Gasteiger partial charge in [0.2, 0.25) is 0 Å². The van der Waals surface area contributed by atoms with Gasteiger partial charge in [0.1, 0.15) is 24.9 Å². The molecule has 4 atom stereocenters. The third-order valence-electron chi connectivity index (χ3n) is 8.72. The summed E-state index contributed by atoms with van der Waals surface area (Å²) in [6.07, 6.45) is 29.5. The molecule has 1 saturated heterocycles. The summed E-state index contributed by atoms with van der Waals surface area (Å²) in [6.45, 7) is 4.77. The van der Waals surface area contributed by atoms with Gasteiger partial charge < -0.3 is 24.4 Å². The Kier molecular flexibility index (Phi) is 27.5. The molecule has 0 radical (unpaired) electrons. The van der Waals surface area contributed by atoms with Crippen LogP contribution in [-0.2, 0) is 14.2 Å². The monoisotopic (exact) mass is 644 g/mol. The van der Waals surface area contributed by atoms with Crippen LogP contribution in [0.1, 0.15) is 181 Å². The maximum Gasteiger partial charge on any atom is 0.160 e. The zero-order valence-electron chi connectivity index (χ0n) is 28.0. The van der Waals surface area contributed by atoms with E-state index in [9.17, 15) is 10.2 Å². The molecular weight excluding hydrogens is 577 g/mol. The Hall–Kier alpha value is -0.340. The van der Waals surface area contributed by atoms with Crippen LogP contribution in [0.3, 0.4) is 0 Å². The normalized spacial score (nSPS) is 19.0. The fourth-order valence-corrected chi connectivity index (χ4v) is 6.33. The molecule has 0 bridgehead atoms. The van der Waals surface area contributed by atoms with Crippen molar-refractivity contribution < 1.29 is 24.4 Å². The first-order valence-electron chi connectivity index (χ1n) is 18.3. The van der Waals surface area contributed by atoms with E-state index in [-0.39, 0.29) is 13.2 Å². The van der Waals surface area contributed by atoms with Crippen molar-refractivity contribution in [2.75, 3.05) is 13.2 Å². The van der Waals surface area contributed by atoms with Crippen LogP contribution in [-0.4, -0.2) is 57.9 Å². The Morgan fingerprint density at radius 1 is 0.628 bits per heavy atom. The number of unbranched alkanes of at least 4 members (excludes halogenated alkanes) is 22. The molecule has 1 heterocycles. The van der Waals surface area contributed by atoms with Crippen molar-refractivity contribution in [1.29, 1.82) is 0 Å². The lowest BCUT2D eigenvalue weighted by Crippen LogP contribution is -2.42. The van der Waals surface area contributed by atoms with Crippen molar-refractivity contribution in [2.24, 2.45) is 0 Å². The Balaban J connectivity index is 2.00. The van der Waals surface area contributed by atoms with Gasteiger partial charge in [-0.2, -0.15) is 0 Å². The molecule has 7 heteroatoms. The molecule has 43 heavy (non-hydrogen) atoms. The highest BCUT2D eigenvalue weighted by molar-refractivity contribution is 7.80. The predicted molar refractivity (Wildman–Crippen MR) is 189 cm³/mol. The summed E-state index contributed by atoms with van der Waals surface area (Å²) in [5.41, 5.74) is 0. The van der Waals surface area contributed by atoms with Gasteiger partial charge in [-0.1, -0.05) is 155 Å². The van der Waals surface area contributed by atoms with E-state index in [1.807, 2.05) is 0 Å². The van der Waals surface area contributed by atoms with Crippen molar-refractivity contribution in [1.82, 2.24) is 0 Å². The van der Waals surface area contributed by atoms with Crippen LogP contribution < -0.4 is 0 Å². The van der Waals surface area contributed by atoms with E-state index in [0.717, 1.165) is 38.5 Å². The molecule has 0 unspecified atom stereocenters. The summed E-state index contributed by atoms with van der Waals surface area (Å²) in [5.74, 6) is 0. The summed E-state index contributed by atoms with van der Waals surface area (Å²) >= 11 is 10.8. The SMILES string of the molecule is CCCCCCCCCCCCCCC(=S)OC[C@H](O)[C@@H]1OC[C@@H](OC(=S)CCCCCCCCCCCCCC)[C@@H]1O. The minimum atomic E-state index is -0.964. The second kappa shape index (κ2) is 29.1. The standard InChI is InChI=1S/C36H68O5S2/c1-3-5-7-9-11-13-15-17-19-21-23-25-27-33(42)39-29-31(37)36-35(38)32(30-40-36)41-34(43)28-26-24-22-20-18-16-14-12-10-8-6-4-2/h31-32,35-38H,3-30H2,1-2H3/t31-,32+,35-,36-/m0/s1. The smallest absolute Gasteiger partial charge is 0.160 e. The molecule has 0 aromatic rings. The molecule has 1 aliphatic rings. The van der Waals surface area contributed by atoms with Crippen molar-refractivity contribution in [3.8, 4) is 0 Å². The number of thiocarbonyl (C=S) groups is 2. The molecular formula is C36H68O5S2. The highest BCUT2D eigenvalue weighted by Crippen LogP contribution is 2.22. The van der Waals surface area contributed by atoms with E-state index >= 15 is 0 Å². The van der Waals surface area contributed by atoms with Crippen molar-refractivity contribution in [3.63, 3.8) is 0 Å². The highest BCUT2D eigenvalue weighted by Gasteiger charge is 2.42. The van der Waals surface area contributed by atoms with Crippen LogP contribution in [0.15, 0.2) is 0 Å². The summed E-state index contributed by atoms with van der Waals surface area (Å²) in [5, 5.41) is 22.3. The Bertz CT molecular complexity index is 662. The molecule has 0 spiro atoms. The van der Waals surface area contributed by atoms with Crippen molar-refractivity contribution >= 4 is 34.5 Å². The van der Waals surface area contributed by atoms with Gasteiger partial charge in [-0.25, -0.2) is 0 Å². The van der Waals surface area contributed by atoms with Crippen LogP contribution in [0.5, 0.6) is 0 Å². The van der Waals surface area contributed by atoms with Gasteiger partial charge in [-0.15, -0.1) is 0 Å². The molecule has 254 valence electrons. The first kappa shape index (κ1) is 40.7.